The first-order valence-corrected chi connectivity index (χ1v) is 7.67. The third kappa shape index (κ3) is 2.64. The number of hydrogen-bond donors (Lipinski definition) is 1. The summed E-state index contributed by atoms with van der Waals surface area (Å²) in [4.78, 5) is 12.7. The van der Waals surface area contributed by atoms with Crippen molar-refractivity contribution in [2.24, 2.45) is 11.8 Å². The van der Waals surface area contributed by atoms with Crippen LogP contribution in [0.15, 0.2) is 60.7 Å². The molecule has 3 rings (SSSR count). The Kier molecular flexibility index (Phi) is 3.89. The first-order valence-electron chi connectivity index (χ1n) is 7.67. The Hall–Kier alpha value is -1.93. The van der Waals surface area contributed by atoms with Gasteiger partial charge in [-0.05, 0) is 13.8 Å². The van der Waals surface area contributed by atoms with Gasteiger partial charge in [0.05, 0.1) is 11.8 Å². The molecule has 0 spiro atoms. The Bertz CT molecular complexity index is 554. The molecule has 1 saturated heterocycles. The van der Waals surface area contributed by atoms with E-state index in [1.807, 2.05) is 12.1 Å². The predicted octanol–water partition coefficient (Wildman–Crippen LogP) is 2.89. The molecule has 2 N–H and O–H groups in total. The van der Waals surface area contributed by atoms with Gasteiger partial charge >= 0.3 is 0 Å². The van der Waals surface area contributed by atoms with Gasteiger partial charge in [0.1, 0.15) is 12.1 Å². The summed E-state index contributed by atoms with van der Waals surface area (Å²) >= 11 is 0. The van der Waals surface area contributed by atoms with Crippen LogP contribution in [-0.2, 0) is 4.79 Å². The number of nitrogens with two attached hydrogens (primary N) is 1. The first-order chi connectivity index (χ1) is 10.2. The van der Waals surface area contributed by atoms with Crippen molar-refractivity contribution in [2.75, 3.05) is 0 Å². The molecule has 0 bridgehead atoms. The second-order valence-corrected chi connectivity index (χ2v) is 6.05. The summed E-state index contributed by atoms with van der Waals surface area (Å²) in [5.74, 6) is 0.491. The van der Waals surface area contributed by atoms with Crippen molar-refractivity contribution < 1.29 is 10.1 Å². The van der Waals surface area contributed by atoms with E-state index in [4.69, 9.17) is 0 Å². The maximum absolute atomic E-state index is 12.7. The van der Waals surface area contributed by atoms with Gasteiger partial charge in [0.25, 0.3) is 0 Å². The number of rotatable bonds is 2. The van der Waals surface area contributed by atoms with Crippen LogP contribution in [0.25, 0.3) is 0 Å². The Labute approximate surface area is 126 Å². The molecule has 1 aliphatic heterocycles. The van der Waals surface area contributed by atoms with E-state index in [2.05, 4.69) is 67.7 Å². The van der Waals surface area contributed by atoms with Crippen molar-refractivity contribution in [1.82, 2.24) is 0 Å². The third-order valence-electron chi connectivity index (χ3n) is 4.76. The summed E-state index contributed by atoms with van der Waals surface area (Å²) in [7, 11) is 0. The molecule has 0 aliphatic carbocycles. The van der Waals surface area contributed by atoms with Crippen molar-refractivity contribution in [2.45, 2.75) is 25.9 Å². The van der Waals surface area contributed by atoms with Crippen molar-refractivity contribution in [3.05, 3.63) is 71.8 Å². The molecule has 4 unspecified atom stereocenters. The van der Waals surface area contributed by atoms with E-state index in [1.54, 1.807) is 0 Å². The fourth-order valence-electron chi connectivity index (χ4n) is 3.48. The van der Waals surface area contributed by atoms with Crippen LogP contribution in [0.3, 0.4) is 0 Å². The lowest BCUT2D eigenvalue weighted by molar-refractivity contribution is -0.748. The maximum Gasteiger partial charge on any atom is 0.151 e. The number of quaternary nitrogens is 1. The average Bonchev–Trinajstić information content (AvgIpc) is 2.55. The van der Waals surface area contributed by atoms with Gasteiger partial charge in [0.2, 0.25) is 0 Å². The van der Waals surface area contributed by atoms with Crippen LogP contribution in [-0.4, -0.2) is 5.78 Å². The van der Waals surface area contributed by atoms with Crippen molar-refractivity contribution in [3.63, 3.8) is 0 Å². The molecule has 1 heterocycles. The molecular formula is C19H22NO+. The quantitative estimate of drug-likeness (QED) is 0.901. The lowest BCUT2D eigenvalue weighted by atomic mass is 9.76. The maximum atomic E-state index is 12.7. The van der Waals surface area contributed by atoms with Gasteiger partial charge < -0.3 is 5.32 Å². The standard InChI is InChI=1S/C19H21NO/c1-13-17(15-9-5-3-6-10-15)20-18(14(2)19(13)21)16-11-7-4-8-12-16/h3-14,17-18,20H,1-2H3/p+1. The minimum absolute atomic E-state index is 0.0577. The van der Waals surface area contributed by atoms with E-state index in [0.717, 1.165) is 0 Å². The van der Waals surface area contributed by atoms with Crippen LogP contribution >= 0.6 is 0 Å². The van der Waals surface area contributed by atoms with Gasteiger partial charge in [-0.1, -0.05) is 60.7 Å². The van der Waals surface area contributed by atoms with Gasteiger partial charge in [-0.25, -0.2) is 0 Å². The Morgan fingerprint density at radius 1 is 0.714 bits per heavy atom. The molecule has 1 aliphatic rings. The summed E-state index contributed by atoms with van der Waals surface area (Å²) < 4.78 is 0. The molecule has 2 aromatic rings. The minimum atomic E-state index is 0.0577. The predicted molar refractivity (Wildman–Crippen MR) is 83.6 cm³/mol. The summed E-state index contributed by atoms with van der Waals surface area (Å²) in [6, 6.07) is 21.2. The van der Waals surface area contributed by atoms with Crippen LogP contribution in [0.1, 0.15) is 37.1 Å². The highest BCUT2D eigenvalue weighted by molar-refractivity contribution is 5.84. The Morgan fingerprint density at radius 2 is 1.10 bits per heavy atom. The van der Waals surface area contributed by atoms with E-state index in [0.29, 0.717) is 5.78 Å². The number of hydrogen-bond acceptors (Lipinski definition) is 1. The first kappa shape index (κ1) is 14.0. The molecule has 2 aromatic carbocycles. The number of carbonyl (C=O) groups is 1. The lowest BCUT2D eigenvalue weighted by Gasteiger charge is -2.36. The second-order valence-electron chi connectivity index (χ2n) is 6.05. The molecule has 108 valence electrons. The summed E-state index contributed by atoms with van der Waals surface area (Å²) in [6.45, 7) is 4.13. The zero-order valence-corrected chi connectivity index (χ0v) is 12.6. The van der Waals surface area contributed by atoms with E-state index in [1.165, 1.54) is 11.1 Å². The number of piperidine rings is 1. The normalized spacial score (nSPS) is 29.3. The van der Waals surface area contributed by atoms with E-state index in [9.17, 15) is 4.79 Å². The fraction of sp³-hybridized carbons (Fsp3) is 0.316. The zero-order valence-electron chi connectivity index (χ0n) is 12.6. The second kappa shape index (κ2) is 5.82. The fourth-order valence-corrected chi connectivity index (χ4v) is 3.48. The highest BCUT2D eigenvalue weighted by atomic mass is 16.1. The third-order valence-corrected chi connectivity index (χ3v) is 4.76. The van der Waals surface area contributed by atoms with Gasteiger partial charge in [-0.3, -0.25) is 4.79 Å². The molecular weight excluding hydrogens is 258 g/mol. The molecule has 2 nitrogen and oxygen atoms in total. The number of carbonyl (C=O) groups excluding carboxylic acids is 1. The molecule has 1 fully saturated rings. The van der Waals surface area contributed by atoms with Gasteiger partial charge in [-0.2, -0.15) is 0 Å². The van der Waals surface area contributed by atoms with Crippen LogP contribution in [0, 0.1) is 11.8 Å². The minimum Gasteiger partial charge on any atom is -0.333 e. The highest BCUT2D eigenvalue weighted by Crippen LogP contribution is 2.32. The molecule has 0 amide bonds. The number of Topliss-reactive ketones (excluding diaryl/α,β-unsaturated/α-hetero) is 1. The summed E-state index contributed by atoms with van der Waals surface area (Å²) in [6.07, 6.45) is 0. The van der Waals surface area contributed by atoms with Crippen LogP contribution < -0.4 is 5.32 Å². The van der Waals surface area contributed by atoms with Crippen molar-refractivity contribution >= 4 is 5.78 Å². The van der Waals surface area contributed by atoms with Gasteiger partial charge in [-0.15, -0.1) is 0 Å². The monoisotopic (exact) mass is 280 g/mol. The van der Waals surface area contributed by atoms with E-state index in [-0.39, 0.29) is 23.9 Å². The molecule has 0 saturated carbocycles. The zero-order chi connectivity index (χ0) is 14.8. The summed E-state index contributed by atoms with van der Waals surface area (Å²) in [5.41, 5.74) is 2.48. The average molecular weight is 280 g/mol. The lowest BCUT2D eigenvalue weighted by Crippen LogP contribution is -2.91. The number of benzene rings is 2. The molecule has 21 heavy (non-hydrogen) atoms. The van der Waals surface area contributed by atoms with Crippen molar-refractivity contribution in [3.8, 4) is 0 Å². The van der Waals surface area contributed by atoms with Gasteiger partial charge in [0, 0.05) is 11.1 Å². The van der Waals surface area contributed by atoms with E-state index >= 15 is 0 Å². The molecule has 4 atom stereocenters. The summed E-state index contributed by atoms with van der Waals surface area (Å²) in [5, 5.41) is 2.38. The van der Waals surface area contributed by atoms with Crippen LogP contribution in [0.5, 0.6) is 0 Å². The topological polar surface area (TPSA) is 33.7 Å². The van der Waals surface area contributed by atoms with E-state index < -0.39 is 0 Å². The molecule has 0 aromatic heterocycles. The Balaban J connectivity index is 1.95. The van der Waals surface area contributed by atoms with Crippen molar-refractivity contribution in [1.29, 1.82) is 0 Å². The SMILES string of the molecule is CC1C(=O)C(C)C(c2ccccc2)[NH2+]C1c1ccccc1. The smallest absolute Gasteiger partial charge is 0.151 e. The van der Waals surface area contributed by atoms with Crippen LogP contribution in [0.4, 0.5) is 0 Å². The Morgan fingerprint density at radius 3 is 1.48 bits per heavy atom. The largest absolute Gasteiger partial charge is 0.333 e. The molecule has 0 radical (unpaired) electrons. The van der Waals surface area contributed by atoms with Crippen LogP contribution in [0.2, 0.25) is 0 Å². The molecule has 2 heteroatoms. The van der Waals surface area contributed by atoms with Gasteiger partial charge in [0.15, 0.2) is 5.78 Å². The number of ketones is 1. The highest BCUT2D eigenvalue weighted by Gasteiger charge is 2.43.